The molecular weight excluding hydrogens is 512 g/mol. The van der Waals surface area contributed by atoms with Crippen LogP contribution in [0.5, 0.6) is 0 Å². The summed E-state index contributed by atoms with van der Waals surface area (Å²) >= 11 is 0. The lowest BCUT2D eigenvalue weighted by atomic mass is 9.94. The molecule has 3 nitrogen and oxygen atoms in total. The van der Waals surface area contributed by atoms with Gasteiger partial charge < -0.3 is 0 Å². The minimum absolute atomic E-state index is 0.199. The van der Waals surface area contributed by atoms with Crippen molar-refractivity contribution < 1.29 is 13.0 Å². The summed E-state index contributed by atoms with van der Waals surface area (Å²) in [5.74, 6) is 0. The van der Waals surface area contributed by atoms with Crippen molar-refractivity contribution in [1.29, 1.82) is 0 Å². The van der Waals surface area contributed by atoms with Gasteiger partial charge >= 0.3 is 0 Å². The van der Waals surface area contributed by atoms with E-state index in [1.54, 1.807) is 0 Å². The van der Waals surface area contributed by atoms with Gasteiger partial charge in [-0.2, -0.15) is 8.42 Å². The Morgan fingerprint density at radius 3 is 1.40 bits per heavy atom. The lowest BCUT2D eigenvalue weighted by Gasteiger charge is -2.16. The van der Waals surface area contributed by atoms with Crippen molar-refractivity contribution >= 4 is 20.9 Å². The van der Waals surface area contributed by atoms with Gasteiger partial charge in [-0.25, -0.2) is 0 Å². The third-order valence-corrected chi connectivity index (χ3v) is 9.54. The number of unbranched alkanes of at least 4 members (excludes halogenated alkanes) is 20. The van der Waals surface area contributed by atoms with Gasteiger partial charge in [0.05, 0.1) is 0 Å². The first-order valence-corrected chi connectivity index (χ1v) is 18.4. The molecule has 4 heteroatoms. The van der Waals surface area contributed by atoms with Crippen LogP contribution in [0.15, 0.2) is 35.2 Å². The molecule has 0 saturated heterocycles. The standard InChI is InChI=1S/C36H60O3S/c1-3-5-7-9-11-13-15-17-19-21-23-28-33-31-32-27-25-26-29-34(32)35(36(33)40(37,38)39)30-24-22-20-18-16-14-12-10-8-6-4-2/h25-27,29,31H,3-24,28,30H2,1-2H3,(H,37,38,39). The van der Waals surface area contributed by atoms with Crippen LogP contribution in [-0.4, -0.2) is 13.0 Å². The molecule has 1 N–H and O–H groups in total. The molecule has 228 valence electrons. The zero-order valence-electron chi connectivity index (χ0n) is 26.0. The molecule has 2 aromatic carbocycles. The van der Waals surface area contributed by atoms with E-state index in [4.69, 9.17) is 0 Å². The minimum atomic E-state index is -4.28. The van der Waals surface area contributed by atoms with E-state index in [1.807, 2.05) is 24.3 Å². The van der Waals surface area contributed by atoms with E-state index in [1.165, 1.54) is 116 Å². The first-order chi connectivity index (χ1) is 19.5. The summed E-state index contributed by atoms with van der Waals surface area (Å²) in [6.45, 7) is 4.52. The van der Waals surface area contributed by atoms with Crippen molar-refractivity contribution in [3.8, 4) is 0 Å². The molecule has 0 unspecified atom stereocenters. The third-order valence-electron chi connectivity index (χ3n) is 8.52. The van der Waals surface area contributed by atoms with Crippen LogP contribution in [0.3, 0.4) is 0 Å². The van der Waals surface area contributed by atoms with E-state index in [9.17, 15) is 13.0 Å². The maximum Gasteiger partial charge on any atom is 0.295 e. The van der Waals surface area contributed by atoms with Gasteiger partial charge in [0.25, 0.3) is 10.1 Å². The molecular formula is C36H60O3S. The third kappa shape index (κ3) is 14.0. The lowest BCUT2D eigenvalue weighted by Crippen LogP contribution is -2.09. The number of benzene rings is 2. The van der Waals surface area contributed by atoms with Crippen molar-refractivity contribution in [3.63, 3.8) is 0 Å². The van der Waals surface area contributed by atoms with Crippen LogP contribution in [0.25, 0.3) is 10.8 Å². The Labute approximate surface area is 247 Å². The summed E-state index contributed by atoms with van der Waals surface area (Å²) in [5, 5.41) is 2.07. The van der Waals surface area contributed by atoms with Crippen LogP contribution in [0.4, 0.5) is 0 Å². The molecule has 2 rings (SSSR count). The Bertz CT molecular complexity index is 1030. The summed E-state index contributed by atoms with van der Waals surface area (Å²) in [6.07, 6.45) is 29.3. The largest absolute Gasteiger partial charge is 0.295 e. The molecule has 0 aromatic heterocycles. The lowest BCUT2D eigenvalue weighted by molar-refractivity contribution is 0.480. The Hall–Kier alpha value is -1.39. The Morgan fingerprint density at radius 2 is 0.950 bits per heavy atom. The minimum Gasteiger partial charge on any atom is -0.282 e. The van der Waals surface area contributed by atoms with Crippen LogP contribution >= 0.6 is 0 Å². The highest BCUT2D eigenvalue weighted by Gasteiger charge is 2.22. The predicted molar refractivity (Wildman–Crippen MR) is 174 cm³/mol. The zero-order chi connectivity index (χ0) is 28.9. The fraction of sp³-hybridized carbons (Fsp3) is 0.722. The molecule has 0 aliphatic rings. The van der Waals surface area contributed by atoms with Crippen molar-refractivity contribution in [2.45, 2.75) is 173 Å². The molecule has 0 heterocycles. The van der Waals surface area contributed by atoms with E-state index in [0.29, 0.717) is 12.8 Å². The SMILES string of the molecule is CCCCCCCCCCCCCc1cc2ccccc2c(CCCCCCCCCCCCC)c1S(=O)(=O)O. The summed E-state index contributed by atoms with van der Waals surface area (Å²) in [7, 11) is -4.28. The molecule has 0 radical (unpaired) electrons. The van der Waals surface area contributed by atoms with Gasteiger partial charge in [0.2, 0.25) is 0 Å². The van der Waals surface area contributed by atoms with Crippen LogP contribution in [-0.2, 0) is 23.0 Å². The van der Waals surface area contributed by atoms with Crippen LogP contribution in [0, 0.1) is 0 Å². The van der Waals surface area contributed by atoms with E-state index in [0.717, 1.165) is 47.6 Å². The van der Waals surface area contributed by atoms with Gasteiger partial charge in [0.15, 0.2) is 0 Å². The van der Waals surface area contributed by atoms with E-state index >= 15 is 0 Å². The van der Waals surface area contributed by atoms with E-state index in [-0.39, 0.29) is 4.90 Å². The Balaban J connectivity index is 1.87. The molecule has 40 heavy (non-hydrogen) atoms. The van der Waals surface area contributed by atoms with Gasteiger partial charge in [-0.3, -0.25) is 4.55 Å². The number of rotatable bonds is 25. The second-order valence-corrected chi connectivity index (χ2v) is 13.5. The molecule has 0 fully saturated rings. The zero-order valence-corrected chi connectivity index (χ0v) is 26.8. The van der Waals surface area contributed by atoms with E-state index < -0.39 is 10.1 Å². The molecule has 0 spiro atoms. The second kappa shape index (κ2) is 21.3. The molecule has 0 bridgehead atoms. The summed E-state index contributed by atoms with van der Waals surface area (Å²) in [6, 6.07) is 10.1. The molecule has 2 aromatic rings. The summed E-state index contributed by atoms with van der Waals surface area (Å²) in [5.41, 5.74) is 1.63. The Morgan fingerprint density at radius 1 is 0.550 bits per heavy atom. The second-order valence-electron chi connectivity index (χ2n) is 12.1. The average molecular weight is 573 g/mol. The number of hydrogen-bond acceptors (Lipinski definition) is 2. The van der Waals surface area contributed by atoms with Gasteiger partial charge in [-0.1, -0.05) is 167 Å². The molecule has 0 aliphatic heterocycles. The van der Waals surface area contributed by atoms with Gasteiger partial charge in [-0.15, -0.1) is 0 Å². The number of aryl methyl sites for hydroxylation is 2. The molecule has 0 aliphatic carbocycles. The quantitative estimate of drug-likeness (QED) is 0.0950. The number of hydrogen-bond donors (Lipinski definition) is 1. The highest BCUT2D eigenvalue weighted by atomic mass is 32.2. The predicted octanol–water partition coefficient (Wildman–Crippen LogP) is 11.8. The van der Waals surface area contributed by atoms with Gasteiger partial charge in [0, 0.05) is 0 Å². The molecule has 0 amide bonds. The fourth-order valence-corrected chi connectivity index (χ4v) is 7.18. The van der Waals surface area contributed by atoms with Gasteiger partial charge in [0.1, 0.15) is 4.90 Å². The van der Waals surface area contributed by atoms with E-state index in [2.05, 4.69) is 19.9 Å². The summed E-state index contributed by atoms with van der Waals surface area (Å²) in [4.78, 5) is 0.199. The van der Waals surface area contributed by atoms with Crippen molar-refractivity contribution in [2.24, 2.45) is 0 Å². The molecule has 0 atom stereocenters. The first-order valence-electron chi connectivity index (χ1n) is 17.0. The first kappa shape index (κ1) is 34.8. The van der Waals surface area contributed by atoms with Crippen LogP contribution in [0.1, 0.15) is 166 Å². The monoisotopic (exact) mass is 572 g/mol. The fourth-order valence-electron chi connectivity index (χ4n) is 6.17. The van der Waals surface area contributed by atoms with Crippen LogP contribution in [0.2, 0.25) is 0 Å². The maximum atomic E-state index is 12.7. The molecule has 0 saturated carbocycles. The highest BCUT2D eigenvalue weighted by Crippen LogP contribution is 2.32. The normalized spacial score (nSPS) is 12.0. The maximum absolute atomic E-state index is 12.7. The van der Waals surface area contributed by atoms with Crippen molar-refractivity contribution in [3.05, 3.63) is 41.5 Å². The average Bonchev–Trinajstić information content (AvgIpc) is 2.93. The summed E-state index contributed by atoms with van der Waals surface area (Å²) < 4.78 is 35.7. The van der Waals surface area contributed by atoms with Crippen molar-refractivity contribution in [1.82, 2.24) is 0 Å². The van der Waals surface area contributed by atoms with Gasteiger partial charge in [-0.05, 0) is 53.6 Å². The highest BCUT2D eigenvalue weighted by molar-refractivity contribution is 7.86. The topological polar surface area (TPSA) is 54.4 Å². The smallest absolute Gasteiger partial charge is 0.282 e. The van der Waals surface area contributed by atoms with Crippen molar-refractivity contribution in [2.75, 3.05) is 0 Å². The number of fused-ring (bicyclic) bond motifs is 1. The Kier molecular flexibility index (Phi) is 18.6. The van der Waals surface area contributed by atoms with Crippen LogP contribution < -0.4 is 0 Å².